The van der Waals surface area contributed by atoms with Crippen LogP contribution in [0.5, 0.6) is 5.75 Å². The number of hydrogen-bond acceptors (Lipinski definition) is 2. The number of halogens is 2. The van der Waals surface area contributed by atoms with Gasteiger partial charge in [0.1, 0.15) is 5.75 Å². The van der Waals surface area contributed by atoms with Crippen molar-refractivity contribution in [2.24, 2.45) is 0 Å². The van der Waals surface area contributed by atoms with Gasteiger partial charge in [-0.05, 0) is 40.3 Å². The van der Waals surface area contributed by atoms with Crippen molar-refractivity contribution < 1.29 is 4.74 Å². The molecule has 1 rings (SSSR count). The van der Waals surface area contributed by atoms with E-state index in [1.807, 2.05) is 6.07 Å². The van der Waals surface area contributed by atoms with Crippen molar-refractivity contribution in [3.63, 3.8) is 0 Å². The highest BCUT2D eigenvalue weighted by Gasteiger charge is 2.07. The van der Waals surface area contributed by atoms with Crippen molar-refractivity contribution in [3.05, 3.63) is 26.3 Å². The molecule has 1 aromatic carbocycles. The summed E-state index contributed by atoms with van der Waals surface area (Å²) in [7, 11) is 1.59. The fraction of sp³-hybridized carbons (Fsp3) is 0.222. The van der Waals surface area contributed by atoms with Gasteiger partial charge in [0.05, 0.1) is 19.6 Å². The van der Waals surface area contributed by atoms with Gasteiger partial charge in [-0.25, -0.2) is 0 Å². The van der Waals surface area contributed by atoms with E-state index in [1.165, 1.54) is 0 Å². The van der Waals surface area contributed by atoms with Gasteiger partial charge in [-0.3, -0.25) is 0 Å². The van der Waals surface area contributed by atoms with Gasteiger partial charge >= 0.3 is 0 Å². The quantitative estimate of drug-likeness (QED) is 0.787. The summed E-state index contributed by atoms with van der Waals surface area (Å²) in [4.78, 5) is 0. The molecule has 0 aliphatic heterocycles. The highest BCUT2D eigenvalue weighted by atomic mass is 127. The molecule has 4 heteroatoms. The highest BCUT2D eigenvalue weighted by Crippen LogP contribution is 2.27. The predicted octanol–water partition coefficient (Wildman–Crippen LogP) is 3.02. The molecule has 2 nitrogen and oxygen atoms in total. The first-order valence-corrected chi connectivity index (χ1v) is 5.03. The summed E-state index contributed by atoms with van der Waals surface area (Å²) in [5.74, 6) is 0.719. The van der Waals surface area contributed by atoms with Crippen molar-refractivity contribution in [2.75, 3.05) is 7.11 Å². The Morgan fingerprint density at radius 2 is 2.31 bits per heavy atom. The Kier molecular flexibility index (Phi) is 3.82. The molecule has 13 heavy (non-hydrogen) atoms. The monoisotopic (exact) mass is 307 g/mol. The van der Waals surface area contributed by atoms with E-state index < -0.39 is 0 Å². The number of ether oxygens (including phenoxy) is 1. The molecule has 1 aromatic rings. The van der Waals surface area contributed by atoms with Crippen LogP contribution in [-0.4, -0.2) is 7.11 Å². The minimum atomic E-state index is 0.334. The summed E-state index contributed by atoms with van der Waals surface area (Å²) >= 11 is 8.10. The van der Waals surface area contributed by atoms with Crippen LogP contribution in [-0.2, 0) is 6.42 Å². The second kappa shape index (κ2) is 4.68. The third kappa shape index (κ3) is 2.48. The summed E-state index contributed by atoms with van der Waals surface area (Å²) < 4.78 is 6.00. The number of methoxy groups -OCH3 is 1. The molecule has 0 fully saturated rings. The first kappa shape index (κ1) is 10.6. The number of nitriles is 1. The number of nitrogens with zero attached hydrogens (tertiary/aromatic N) is 1. The molecule has 0 amide bonds. The van der Waals surface area contributed by atoms with E-state index in [0.717, 1.165) is 14.9 Å². The maximum absolute atomic E-state index is 8.55. The Balaban J connectivity index is 3.16. The Morgan fingerprint density at radius 3 is 2.77 bits per heavy atom. The lowest BCUT2D eigenvalue weighted by Crippen LogP contribution is -1.91. The zero-order chi connectivity index (χ0) is 9.84. The van der Waals surface area contributed by atoms with Gasteiger partial charge in [-0.2, -0.15) is 5.26 Å². The zero-order valence-corrected chi connectivity index (χ0v) is 9.89. The van der Waals surface area contributed by atoms with Crippen LogP contribution in [0.4, 0.5) is 0 Å². The molecule has 0 N–H and O–H groups in total. The Labute approximate surface area is 95.6 Å². The van der Waals surface area contributed by atoms with Crippen molar-refractivity contribution in [3.8, 4) is 11.8 Å². The van der Waals surface area contributed by atoms with Gasteiger partial charge < -0.3 is 4.74 Å². The van der Waals surface area contributed by atoms with Gasteiger partial charge in [0.2, 0.25) is 0 Å². The highest BCUT2D eigenvalue weighted by molar-refractivity contribution is 14.1. The molecular weight excluding hydrogens is 300 g/mol. The van der Waals surface area contributed by atoms with Crippen LogP contribution in [0.3, 0.4) is 0 Å². The van der Waals surface area contributed by atoms with E-state index in [4.69, 9.17) is 21.6 Å². The molecule has 0 aliphatic carbocycles. The molecule has 0 bridgehead atoms. The number of benzene rings is 1. The van der Waals surface area contributed by atoms with E-state index in [9.17, 15) is 0 Å². The summed E-state index contributed by atoms with van der Waals surface area (Å²) in [5, 5.41) is 9.14. The maximum Gasteiger partial charge on any atom is 0.121 e. The fourth-order valence-corrected chi connectivity index (χ4v) is 2.17. The molecule has 0 spiro atoms. The predicted molar refractivity (Wildman–Crippen MR) is 60.0 cm³/mol. The van der Waals surface area contributed by atoms with Crippen molar-refractivity contribution in [2.45, 2.75) is 6.42 Å². The molecule has 0 aromatic heterocycles. The topological polar surface area (TPSA) is 33.0 Å². The van der Waals surface area contributed by atoms with Gasteiger partial charge in [0, 0.05) is 8.59 Å². The smallest absolute Gasteiger partial charge is 0.121 e. The van der Waals surface area contributed by atoms with Crippen LogP contribution in [0.15, 0.2) is 12.1 Å². The van der Waals surface area contributed by atoms with Crippen molar-refractivity contribution >= 4 is 34.2 Å². The fourth-order valence-electron chi connectivity index (χ4n) is 0.946. The standard InChI is InChI=1S/C9H7ClINO/c1-13-6-4-8(10)7(2-3-12)9(11)5-6/h4-5H,2H2,1H3. The number of rotatable bonds is 2. The van der Waals surface area contributed by atoms with Crippen LogP contribution >= 0.6 is 34.2 Å². The third-order valence-electron chi connectivity index (χ3n) is 1.61. The Morgan fingerprint density at radius 1 is 1.62 bits per heavy atom. The largest absolute Gasteiger partial charge is 0.497 e. The molecule has 68 valence electrons. The second-order valence-corrected chi connectivity index (χ2v) is 3.97. The molecule has 0 saturated carbocycles. The van der Waals surface area contributed by atoms with E-state index in [2.05, 4.69) is 28.7 Å². The summed E-state index contributed by atoms with van der Waals surface area (Å²) in [6, 6.07) is 5.65. The normalized spacial score (nSPS) is 9.38. The van der Waals surface area contributed by atoms with Crippen LogP contribution in [0.25, 0.3) is 0 Å². The van der Waals surface area contributed by atoms with E-state index in [0.29, 0.717) is 11.4 Å². The number of hydrogen-bond donors (Lipinski definition) is 0. The first-order chi connectivity index (χ1) is 6.19. The molecular formula is C9H7ClINO. The molecule has 0 atom stereocenters. The molecule has 0 radical (unpaired) electrons. The van der Waals surface area contributed by atoms with Crippen LogP contribution in [0, 0.1) is 14.9 Å². The maximum atomic E-state index is 8.55. The Hall–Kier alpha value is -0.470. The van der Waals surface area contributed by atoms with E-state index >= 15 is 0 Å². The van der Waals surface area contributed by atoms with Gasteiger partial charge in [0.25, 0.3) is 0 Å². The Bertz CT molecular complexity index is 336. The molecule has 0 saturated heterocycles. The average Bonchev–Trinajstić information content (AvgIpc) is 2.11. The van der Waals surface area contributed by atoms with Gasteiger partial charge in [-0.15, -0.1) is 0 Å². The van der Waals surface area contributed by atoms with Gasteiger partial charge in [-0.1, -0.05) is 11.6 Å². The van der Waals surface area contributed by atoms with Crippen molar-refractivity contribution in [1.82, 2.24) is 0 Å². The lowest BCUT2D eigenvalue weighted by Gasteiger charge is -2.06. The minimum Gasteiger partial charge on any atom is -0.497 e. The molecule has 0 heterocycles. The zero-order valence-electron chi connectivity index (χ0n) is 6.97. The van der Waals surface area contributed by atoms with Crippen LogP contribution in [0.1, 0.15) is 5.56 Å². The minimum absolute atomic E-state index is 0.334. The second-order valence-electron chi connectivity index (χ2n) is 2.40. The van der Waals surface area contributed by atoms with E-state index in [1.54, 1.807) is 13.2 Å². The van der Waals surface area contributed by atoms with Crippen molar-refractivity contribution in [1.29, 1.82) is 5.26 Å². The summed E-state index contributed by atoms with van der Waals surface area (Å²) in [6.45, 7) is 0. The van der Waals surface area contributed by atoms with Gasteiger partial charge in [0.15, 0.2) is 0 Å². The third-order valence-corrected chi connectivity index (χ3v) is 2.91. The summed E-state index contributed by atoms with van der Waals surface area (Å²) in [6.07, 6.45) is 0.334. The lowest BCUT2D eigenvalue weighted by molar-refractivity contribution is 0.414. The summed E-state index contributed by atoms with van der Waals surface area (Å²) in [5.41, 5.74) is 0.866. The molecule has 0 unspecified atom stereocenters. The van der Waals surface area contributed by atoms with Crippen LogP contribution < -0.4 is 4.74 Å². The SMILES string of the molecule is COc1cc(Cl)c(CC#N)c(I)c1. The molecule has 0 aliphatic rings. The average molecular weight is 308 g/mol. The van der Waals surface area contributed by atoms with E-state index in [-0.39, 0.29) is 0 Å². The first-order valence-electron chi connectivity index (χ1n) is 3.58. The van der Waals surface area contributed by atoms with Crippen LogP contribution in [0.2, 0.25) is 5.02 Å². The lowest BCUT2D eigenvalue weighted by atomic mass is 10.1.